The van der Waals surface area contributed by atoms with Gasteiger partial charge in [0.25, 0.3) is 5.91 Å². The highest BCUT2D eigenvalue weighted by molar-refractivity contribution is 6.35. The van der Waals surface area contributed by atoms with E-state index in [0.29, 0.717) is 17.1 Å². The van der Waals surface area contributed by atoms with Crippen molar-refractivity contribution in [3.63, 3.8) is 0 Å². The third kappa shape index (κ3) is 5.04. The number of hydrogen-bond acceptors (Lipinski definition) is 4. The molecule has 3 rings (SSSR count). The Morgan fingerprint density at radius 3 is 2.11 bits per heavy atom. The van der Waals surface area contributed by atoms with Crippen molar-refractivity contribution in [1.82, 2.24) is 5.32 Å². The molecule has 184 valence electrons. The highest BCUT2D eigenvalue weighted by Crippen LogP contribution is 2.49. The zero-order valence-electron chi connectivity index (χ0n) is 17.9. The number of nitrogens with two attached hydrogens (primary N) is 1. The van der Waals surface area contributed by atoms with Crippen LogP contribution in [0.25, 0.3) is 16.3 Å². The molecule has 0 spiro atoms. The first-order chi connectivity index (χ1) is 16.5. The first kappa shape index (κ1) is 26.6. The van der Waals surface area contributed by atoms with Crippen molar-refractivity contribution in [2.24, 2.45) is 5.90 Å². The van der Waals surface area contributed by atoms with Gasteiger partial charge in [0.15, 0.2) is 5.82 Å². The van der Waals surface area contributed by atoms with Crippen LogP contribution in [-0.4, -0.2) is 24.9 Å². The Morgan fingerprint density at radius 2 is 1.60 bits per heavy atom. The number of alkyl halides is 3. The molecule has 3 aromatic rings. The van der Waals surface area contributed by atoms with E-state index in [1.54, 1.807) is 24.3 Å². The van der Waals surface area contributed by atoms with Crippen LogP contribution in [0.5, 0.6) is 0 Å². The van der Waals surface area contributed by atoms with E-state index < -0.39 is 45.5 Å². The first-order valence-corrected chi connectivity index (χ1v) is 10.7. The molecule has 1 amide bonds. The average molecular weight is 529 g/mol. The molecular formula is C24H18Cl2F4N2O3. The molecule has 0 bridgehead atoms. The fraction of sp³-hybridized carbons (Fsp3) is 0.167. The second kappa shape index (κ2) is 10.3. The van der Waals surface area contributed by atoms with E-state index in [1.165, 1.54) is 12.1 Å². The molecule has 0 aliphatic rings. The Morgan fingerprint density at radius 1 is 1.06 bits per heavy atom. The number of halogens is 6. The zero-order valence-corrected chi connectivity index (χ0v) is 19.4. The molecule has 0 heterocycles. The molecule has 5 nitrogen and oxygen atoms in total. The average Bonchev–Trinajstić information content (AvgIpc) is 2.82. The first-order valence-electron chi connectivity index (χ1n) is 9.98. The van der Waals surface area contributed by atoms with E-state index in [-0.39, 0.29) is 23.2 Å². The van der Waals surface area contributed by atoms with Crippen molar-refractivity contribution < 1.29 is 32.0 Å². The lowest BCUT2D eigenvalue weighted by Crippen LogP contribution is -2.47. The van der Waals surface area contributed by atoms with Gasteiger partial charge in [-0.05, 0) is 45.7 Å². The summed E-state index contributed by atoms with van der Waals surface area (Å²) in [5.41, 5.74) is -3.31. The summed E-state index contributed by atoms with van der Waals surface area (Å²) in [6, 6.07) is 10.8. The summed E-state index contributed by atoms with van der Waals surface area (Å²) in [7, 11) is 0. The fourth-order valence-corrected chi connectivity index (χ4v) is 4.25. The predicted octanol–water partition coefficient (Wildman–Crippen LogP) is 5.97. The zero-order chi connectivity index (χ0) is 26.0. The van der Waals surface area contributed by atoms with E-state index in [0.717, 1.165) is 12.1 Å². The molecule has 1 atom stereocenters. The molecule has 0 aliphatic heterocycles. The third-order valence-corrected chi connectivity index (χ3v) is 6.02. The molecule has 3 aromatic carbocycles. The van der Waals surface area contributed by atoms with Crippen LogP contribution in [0.2, 0.25) is 10.0 Å². The maximum atomic E-state index is 14.4. The lowest BCUT2D eigenvalue weighted by Gasteiger charge is -2.35. The molecule has 0 saturated carbocycles. The van der Waals surface area contributed by atoms with Gasteiger partial charge in [-0.25, -0.2) is 10.3 Å². The van der Waals surface area contributed by atoms with E-state index in [1.807, 2.05) is 0 Å². The summed E-state index contributed by atoms with van der Waals surface area (Å²) in [4.78, 5) is 27.6. The van der Waals surface area contributed by atoms with Crippen LogP contribution in [-0.2, 0) is 15.2 Å². The van der Waals surface area contributed by atoms with Crippen LogP contribution in [0.4, 0.5) is 17.6 Å². The van der Waals surface area contributed by atoms with Gasteiger partial charge in [-0.3, -0.25) is 9.63 Å². The molecule has 0 aliphatic carbocycles. The Balaban J connectivity index is 2.13. The van der Waals surface area contributed by atoms with Crippen LogP contribution in [0.15, 0.2) is 55.1 Å². The molecule has 0 saturated heterocycles. The molecule has 1 unspecified atom stereocenters. The smallest absolute Gasteiger partial charge is 0.345 e. The van der Waals surface area contributed by atoms with Gasteiger partial charge in [0.2, 0.25) is 5.60 Å². The summed E-state index contributed by atoms with van der Waals surface area (Å²) in [5.74, 6) is 3.57. The van der Waals surface area contributed by atoms with Crippen molar-refractivity contribution in [1.29, 1.82) is 0 Å². The van der Waals surface area contributed by atoms with Gasteiger partial charge in [-0.2, -0.15) is 13.2 Å². The predicted molar refractivity (Wildman–Crippen MR) is 125 cm³/mol. The number of rotatable bonds is 8. The van der Waals surface area contributed by atoms with Crippen molar-refractivity contribution >= 4 is 51.7 Å². The number of nitrogens with one attached hydrogen (secondary N) is 1. The molecule has 11 heteroatoms. The standard InChI is InChI=1S/C24H18Cl2F4N2O3/c1-13(12-23(35-31,24(28,29)30)14-10-19(25)21(27)20(26)11-14)15-6-7-18(22(34)32-8-9-33)17-5-3-2-4-16(15)17/h2-7,9-11H,1,8,12,31H2,(H,32,34). The maximum absolute atomic E-state index is 14.4. The number of benzene rings is 3. The second-order valence-corrected chi connectivity index (χ2v) is 8.37. The monoisotopic (exact) mass is 528 g/mol. The SMILES string of the molecule is C=C(CC(ON)(c1cc(Cl)c(F)c(Cl)c1)C(F)(F)F)c1ccc(C(=O)NCC=O)c2ccccc12. The van der Waals surface area contributed by atoms with Crippen LogP contribution in [0, 0.1) is 5.82 Å². The number of amides is 1. The van der Waals surface area contributed by atoms with Gasteiger partial charge in [0, 0.05) is 12.0 Å². The number of hydrogen-bond donors (Lipinski definition) is 2. The Labute approximate surface area is 207 Å². The van der Waals surface area contributed by atoms with Gasteiger partial charge in [-0.1, -0.05) is 60.1 Å². The van der Waals surface area contributed by atoms with Gasteiger partial charge in [0.1, 0.15) is 6.29 Å². The van der Waals surface area contributed by atoms with Crippen molar-refractivity contribution in [3.05, 3.63) is 87.7 Å². The number of carbonyl (C=O) groups is 2. The summed E-state index contributed by atoms with van der Waals surface area (Å²) >= 11 is 11.5. The summed E-state index contributed by atoms with van der Waals surface area (Å²) < 4.78 is 57.1. The molecule has 0 fully saturated rings. The maximum Gasteiger partial charge on any atom is 0.424 e. The number of fused-ring (bicyclic) bond motifs is 1. The Kier molecular flexibility index (Phi) is 7.86. The minimum absolute atomic E-state index is 0.0413. The molecular weight excluding hydrogens is 511 g/mol. The van der Waals surface area contributed by atoms with Crippen LogP contribution in [0.1, 0.15) is 27.9 Å². The van der Waals surface area contributed by atoms with Crippen molar-refractivity contribution in [2.45, 2.75) is 18.2 Å². The van der Waals surface area contributed by atoms with E-state index >= 15 is 0 Å². The van der Waals surface area contributed by atoms with Crippen LogP contribution >= 0.6 is 23.2 Å². The third-order valence-electron chi connectivity index (χ3n) is 5.47. The topological polar surface area (TPSA) is 81.4 Å². The van der Waals surface area contributed by atoms with E-state index in [4.69, 9.17) is 29.1 Å². The molecule has 3 N–H and O–H groups in total. The quantitative estimate of drug-likeness (QED) is 0.163. The number of carbonyl (C=O) groups excluding carboxylic acids is 2. The number of aldehydes is 1. The normalized spacial score (nSPS) is 13.3. The largest absolute Gasteiger partial charge is 0.424 e. The van der Waals surface area contributed by atoms with Gasteiger partial charge in [-0.15, -0.1) is 0 Å². The second-order valence-electron chi connectivity index (χ2n) is 7.56. The van der Waals surface area contributed by atoms with Crippen LogP contribution < -0.4 is 11.2 Å². The van der Waals surface area contributed by atoms with E-state index in [2.05, 4.69) is 16.7 Å². The Hall–Kier alpha value is -2.98. The highest BCUT2D eigenvalue weighted by atomic mass is 35.5. The molecule has 35 heavy (non-hydrogen) atoms. The van der Waals surface area contributed by atoms with Gasteiger partial charge in [0.05, 0.1) is 16.6 Å². The Bertz CT molecular complexity index is 1290. The summed E-state index contributed by atoms with van der Waals surface area (Å²) in [6.45, 7) is 3.61. The lowest BCUT2D eigenvalue weighted by molar-refractivity contribution is -0.285. The minimum Gasteiger partial charge on any atom is -0.345 e. The fourth-order valence-electron chi connectivity index (χ4n) is 3.76. The summed E-state index contributed by atoms with van der Waals surface area (Å²) in [5, 5.41) is 2.00. The lowest BCUT2D eigenvalue weighted by atomic mass is 9.83. The molecule has 0 radical (unpaired) electrons. The minimum atomic E-state index is -5.08. The van der Waals surface area contributed by atoms with Crippen LogP contribution in [0.3, 0.4) is 0 Å². The van der Waals surface area contributed by atoms with E-state index in [9.17, 15) is 27.2 Å². The van der Waals surface area contributed by atoms with Crippen molar-refractivity contribution in [3.8, 4) is 0 Å². The molecule has 0 aromatic heterocycles. The highest BCUT2D eigenvalue weighted by Gasteiger charge is 2.58. The summed E-state index contributed by atoms with van der Waals surface area (Å²) in [6.07, 6.45) is -5.46. The van der Waals surface area contributed by atoms with Crippen molar-refractivity contribution in [2.75, 3.05) is 6.54 Å². The van der Waals surface area contributed by atoms with Gasteiger partial charge >= 0.3 is 6.18 Å². The van der Waals surface area contributed by atoms with Gasteiger partial charge < -0.3 is 10.1 Å².